The minimum Gasteiger partial charge on any atom is -0.495 e. The number of rotatable bonds is 6. The molecule has 0 radical (unpaired) electrons. The molecule has 0 unspecified atom stereocenters. The highest BCUT2D eigenvalue weighted by molar-refractivity contribution is 6.32. The van der Waals surface area contributed by atoms with Crippen molar-refractivity contribution in [3.8, 4) is 11.5 Å². The van der Waals surface area contributed by atoms with E-state index < -0.39 is 16.9 Å². The lowest BCUT2D eigenvalue weighted by Gasteiger charge is -2.16. The van der Waals surface area contributed by atoms with Gasteiger partial charge in [-0.3, -0.25) is 14.9 Å². The van der Waals surface area contributed by atoms with Gasteiger partial charge < -0.3 is 14.8 Å². The van der Waals surface area contributed by atoms with Gasteiger partial charge in [0, 0.05) is 17.8 Å². The molecule has 2 aromatic carbocycles. The Morgan fingerprint density at radius 2 is 1.80 bits per heavy atom. The van der Waals surface area contributed by atoms with Crippen LogP contribution in [0, 0.1) is 10.1 Å². The van der Waals surface area contributed by atoms with Gasteiger partial charge in [-0.25, -0.2) is 0 Å². The van der Waals surface area contributed by atoms with Crippen molar-refractivity contribution in [3.05, 3.63) is 56.6 Å². The van der Waals surface area contributed by atoms with E-state index in [1.165, 1.54) is 26.2 Å². The summed E-state index contributed by atoms with van der Waals surface area (Å²) in [6, 6.07) is 8.54. The third kappa shape index (κ3) is 4.74. The summed E-state index contributed by atoms with van der Waals surface area (Å²) >= 11 is 11.9. The minimum absolute atomic E-state index is 0.0429. The number of halogens is 2. The van der Waals surface area contributed by atoms with Crippen LogP contribution in [0.2, 0.25) is 10.0 Å². The summed E-state index contributed by atoms with van der Waals surface area (Å²) in [5, 5.41) is 13.7. The van der Waals surface area contributed by atoms with Crippen molar-refractivity contribution in [1.29, 1.82) is 0 Å². The molecule has 25 heavy (non-hydrogen) atoms. The molecule has 0 bridgehead atoms. The van der Waals surface area contributed by atoms with Crippen molar-refractivity contribution in [2.45, 2.75) is 13.0 Å². The highest BCUT2D eigenvalue weighted by atomic mass is 35.5. The molecule has 0 aromatic heterocycles. The second kappa shape index (κ2) is 8.04. The average molecular weight is 385 g/mol. The normalized spacial score (nSPS) is 11.5. The lowest BCUT2D eigenvalue weighted by molar-refractivity contribution is -0.384. The first kappa shape index (κ1) is 18.8. The molecular formula is C16H14Cl2N2O5. The fourth-order valence-corrected chi connectivity index (χ4v) is 2.41. The molecule has 7 nitrogen and oxygen atoms in total. The Bertz CT molecular complexity index is 813. The lowest BCUT2D eigenvalue weighted by atomic mass is 10.2. The molecular weight excluding hydrogens is 371 g/mol. The largest absolute Gasteiger partial charge is 0.495 e. The molecule has 9 heteroatoms. The van der Waals surface area contributed by atoms with Gasteiger partial charge in [0.2, 0.25) is 0 Å². The predicted molar refractivity (Wildman–Crippen MR) is 94.8 cm³/mol. The van der Waals surface area contributed by atoms with E-state index in [4.69, 9.17) is 32.7 Å². The maximum absolute atomic E-state index is 12.2. The van der Waals surface area contributed by atoms with Crippen LogP contribution in [-0.2, 0) is 4.79 Å². The molecule has 132 valence electrons. The van der Waals surface area contributed by atoms with E-state index in [2.05, 4.69) is 5.32 Å². The maximum atomic E-state index is 12.2. The summed E-state index contributed by atoms with van der Waals surface area (Å²) in [5.41, 5.74) is 0.309. The van der Waals surface area contributed by atoms with Crippen molar-refractivity contribution < 1.29 is 19.2 Å². The molecule has 0 heterocycles. The fraction of sp³-hybridized carbons (Fsp3) is 0.188. The molecule has 0 saturated carbocycles. The summed E-state index contributed by atoms with van der Waals surface area (Å²) in [6.07, 6.45) is -0.889. The molecule has 1 N–H and O–H groups in total. The van der Waals surface area contributed by atoms with Gasteiger partial charge in [-0.2, -0.15) is 0 Å². The van der Waals surface area contributed by atoms with Gasteiger partial charge in [-0.05, 0) is 31.2 Å². The highest BCUT2D eigenvalue weighted by Crippen LogP contribution is 2.30. The van der Waals surface area contributed by atoms with E-state index in [0.29, 0.717) is 16.5 Å². The Morgan fingerprint density at radius 3 is 2.36 bits per heavy atom. The van der Waals surface area contributed by atoms with Gasteiger partial charge >= 0.3 is 0 Å². The smallest absolute Gasteiger partial charge is 0.271 e. The van der Waals surface area contributed by atoms with Crippen molar-refractivity contribution in [2.24, 2.45) is 0 Å². The van der Waals surface area contributed by atoms with Gasteiger partial charge in [-0.15, -0.1) is 0 Å². The zero-order valence-corrected chi connectivity index (χ0v) is 14.8. The van der Waals surface area contributed by atoms with Crippen LogP contribution in [0.3, 0.4) is 0 Å². The first-order valence-electron chi connectivity index (χ1n) is 7.07. The second-order valence-electron chi connectivity index (χ2n) is 4.97. The third-order valence-corrected chi connectivity index (χ3v) is 3.81. The van der Waals surface area contributed by atoms with E-state index in [1.54, 1.807) is 18.2 Å². The van der Waals surface area contributed by atoms with E-state index in [1.807, 2.05) is 0 Å². The Labute approximate surface area is 153 Å². The predicted octanol–water partition coefficient (Wildman–Crippen LogP) is 4.32. The highest BCUT2D eigenvalue weighted by Gasteiger charge is 2.18. The molecule has 0 spiro atoms. The van der Waals surface area contributed by atoms with E-state index in [0.717, 1.165) is 6.07 Å². The van der Waals surface area contributed by atoms with Crippen LogP contribution >= 0.6 is 23.2 Å². The molecule has 0 aliphatic rings. The van der Waals surface area contributed by atoms with Crippen molar-refractivity contribution >= 4 is 40.5 Å². The SMILES string of the molecule is COc1ccc(NC(=O)[C@H](C)Oc2ccc([N+](=O)[O-])cc2Cl)cc1Cl. The Kier molecular flexibility index (Phi) is 6.06. The second-order valence-corrected chi connectivity index (χ2v) is 5.78. The molecule has 0 fully saturated rings. The number of non-ortho nitro benzene ring substituents is 1. The van der Waals surface area contributed by atoms with Crippen LogP contribution in [0.25, 0.3) is 0 Å². The summed E-state index contributed by atoms with van der Waals surface area (Å²) in [4.78, 5) is 22.3. The van der Waals surface area contributed by atoms with Crippen LogP contribution in [0.4, 0.5) is 11.4 Å². The van der Waals surface area contributed by atoms with Gasteiger partial charge in [0.15, 0.2) is 6.10 Å². The van der Waals surface area contributed by atoms with Crippen molar-refractivity contribution in [2.75, 3.05) is 12.4 Å². The average Bonchev–Trinajstić information content (AvgIpc) is 2.56. The van der Waals surface area contributed by atoms with Crippen LogP contribution in [-0.4, -0.2) is 24.0 Å². The zero-order valence-electron chi connectivity index (χ0n) is 13.3. The number of methoxy groups -OCH3 is 1. The van der Waals surface area contributed by atoms with E-state index in [-0.39, 0.29) is 16.5 Å². The number of nitrogens with zero attached hydrogens (tertiary/aromatic N) is 1. The summed E-state index contributed by atoms with van der Waals surface area (Å²) < 4.78 is 10.5. The van der Waals surface area contributed by atoms with Gasteiger partial charge in [-0.1, -0.05) is 23.2 Å². The van der Waals surface area contributed by atoms with Crippen LogP contribution in [0.15, 0.2) is 36.4 Å². The van der Waals surface area contributed by atoms with E-state index >= 15 is 0 Å². The molecule has 0 aliphatic carbocycles. The number of carbonyl (C=O) groups excluding carboxylic acids is 1. The topological polar surface area (TPSA) is 90.7 Å². The number of nitrogens with one attached hydrogen (secondary N) is 1. The number of nitro benzene ring substituents is 1. The van der Waals surface area contributed by atoms with Crippen LogP contribution in [0.5, 0.6) is 11.5 Å². The van der Waals surface area contributed by atoms with E-state index in [9.17, 15) is 14.9 Å². The summed E-state index contributed by atoms with van der Waals surface area (Å²) in [7, 11) is 1.49. The molecule has 0 aliphatic heterocycles. The Hall–Kier alpha value is -2.51. The van der Waals surface area contributed by atoms with Gasteiger partial charge in [0.1, 0.15) is 11.5 Å². The van der Waals surface area contributed by atoms with Crippen LogP contribution in [0.1, 0.15) is 6.92 Å². The Balaban J connectivity index is 2.05. The molecule has 0 saturated heterocycles. The number of amides is 1. The van der Waals surface area contributed by atoms with Gasteiger partial charge in [0.25, 0.3) is 11.6 Å². The number of anilines is 1. The summed E-state index contributed by atoms with van der Waals surface area (Å²) in [5.74, 6) is 0.222. The van der Waals surface area contributed by atoms with Crippen LogP contribution < -0.4 is 14.8 Å². The molecule has 1 amide bonds. The number of hydrogen-bond donors (Lipinski definition) is 1. The Morgan fingerprint density at radius 1 is 1.16 bits per heavy atom. The number of hydrogen-bond acceptors (Lipinski definition) is 5. The number of carbonyl (C=O) groups is 1. The van der Waals surface area contributed by atoms with Gasteiger partial charge in [0.05, 0.1) is 22.1 Å². The quantitative estimate of drug-likeness (QED) is 0.591. The maximum Gasteiger partial charge on any atom is 0.271 e. The number of benzene rings is 2. The van der Waals surface area contributed by atoms with Crippen molar-refractivity contribution in [1.82, 2.24) is 0 Å². The number of ether oxygens (including phenoxy) is 2. The molecule has 1 atom stereocenters. The minimum atomic E-state index is -0.889. The third-order valence-electron chi connectivity index (χ3n) is 3.22. The monoisotopic (exact) mass is 384 g/mol. The fourth-order valence-electron chi connectivity index (χ4n) is 1.93. The lowest BCUT2D eigenvalue weighted by Crippen LogP contribution is -2.30. The number of nitro groups is 1. The zero-order chi connectivity index (χ0) is 18.6. The standard InChI is InChI=1S/C16H14Cl2N2O5/c1-9(25-15-6-4-11(20(22)23)8-13(15)18)16(21)19-10-3-5-14(24-2)12(17)7-10/h3-9H,1-2H3,(H,19,21)/t9-/m0/s1. The van der Waals surface area contributed by atoms with Crippen molar-refractivity contribution in [3.63, 3.8) is 0 Å². The first-order chi connectivity index (χ1) is 11.8. The molecule has 2 aromatic rings. The summed E-state index contributed by atoms with van der Waals surface area (Å²) in [6.45, 7) is 1.53. The molecule has 2 rings (SSSR count). The first-order valence-corrected chi connectivity index (χ1v) is 7.82.